The highest BCUT2D eigenvalue weighted by molar-refractivity contribution is 5.67. The minimum Gasteiger partial charge on any atom is -0.459 e. The summed E-state index contributed by atoms with van der Waals surface area (Å²) in [6, 6.07) is 0. The number of fused-ring (bicyclic) bond motifs is 1. The van der Waals surface area contributed by atoms with Crippen molar-refractivity contribution < 1.29 is 23.8 Å². The van der Waals surface area contributed by atoms with Crippen LogP contribution in [0.3, 0.4) is 0 Å². The van der Waals surface area contributed by atoms with Crippen LogP contribution < -0.4 is 0 Å². The smallest absolute Gasteiger partial charge is 0.303 e. The van der Waals surface area contributed by atoms with Crippen LogP contribution in [0.4, 0.5) is 0 Å². The van der Waals surface area contributed by atoms with E-state index in [9.17, 15) is 9.59 Å². The summed E-state index contributed by atoms with van der Waals surface area (Å²) in [5, 5.41) is 0. The Morgan fingerprint density at radius 2 is 1.29 bits per heavy atom. The van der Waals surface area contributed by atoms with Gasteiger partial charge in [0, 0.05) is 13.8 Å². The molecule has 1 aliphatic carbocycles. The van der Waals surface area contributed by atoms with Gasteiger partial charge in [-0.25, -0.2) is 0 Å². The number of ether oxygens (including phenoxy) is 3. The monoisotopic (exact) mass is 242 g/mol. The van der Waals surface area contributed by atoms with E-state index in [2.05, 4.69) is 0 Å². The van der Waals surface area contributed by atoms with Crippen molar-refractivity contribution in [1.29, 1.82) is 0 Å². The Bertz CT molecular complexity index is 284. The highest BCUT2D eigenvalue weighted by Gasteiger charge is 2.43. The third-order valence-corrected chi connectivity index (χ3v) is 3.21. The molecule has 1 heterocycles. The molecule has 0 aromatic rings. The first kappa shape index (κ1) is 12.4. The lowest BCUT2D eigenvalue weighted by Gasteiger charge is -2.27. The standard InChI is InChI=1S/C12H18O5/c1-7(13)15-9-3-5-11-12(17-11)6-4-10(9)16-8(2)14/h9-12H,3-6H2,1-2H3/t9-,10+,11-,12-/m0/s1. The van der Waals surface area contributed by atoms with Gasteiger partial charge in [-0.05, 0) is 25.7 Å². The van der Waals surface area contributed by atoms with E-state index in [0.717, 1.165) is 12.8 Å². The predicted molar refractivity (Wildman–Crippen MR) is 58.2 cm³/mol. The molecular weight excluding hydrogens is 224 g/mol. The number of esters is 2. The predicted octanol–water partition coefficient (Wildman–Crippen LogP) is 1.19. The van der Waals surface area contributed by atoms with Gasteiger partial charge in [-0.3, -0.25) is 9.59 Å². The van der Waals surface area contributed by atoms with E-state index in [0.29, 0.717) is 25.0 Å². The molecule has 2 rings (SSSR count). The zero-order valence-corrected chi connectivity index (χ0v) is 10.2. The van der Waals surface area contributed by atoms with E-state index in [1.54, 1.807) is 0 Å². The highest BCUT2D eigenvalue weighted by atomic mass is 16.6. The molecule has 2 aliphatic rings. The minimum atomic E-state index is -0.332. The molecule has 1 aliphatic heterocycles. The third kappa shape index (κ3) is 3.43. The van der Waals surface area contributed by atoms with Gasteiger partial charge in [0.25, 0.3) is 0 Å². The average molecular weight is 242 g/mol. The fourth-order valence-electron chi connectivity index (χ4n) is 2.41. The molecule has 1 saturated carbocycles. The van der Waals surface area contributed by atoms with Crippen LogP contribution in [0.25, 0.3) is 0 Å². The Kier molecular flexibility index (Phi) is 3.66. The van der Waals surface area contributed by atoms with Crippen LogP contribution in [-0.2, 0) is 23.8 Å². The Hall–Kier alpha value is -1.10. The quantitative estimate of drug-likeness (QED) is 0.537. The summed E-state index contributed by atoms with van der Waals surface area (Å²) in [5.41, 5.74) is 0. The second-order valence-corrected chi connectivity index (χ2v) is 4.66. The second kappa shape index (κ2) is 5.04. The van der Waals surface area contributed by atoms with Crippen molar-refractivity contribution in [3.63, 3.8) is 0 Å². The molecule has 5 nitrogen and oxygen atoms in total. The van der Waals surface area contributed by atoms with Gasteiger partial charge in [-0.1, -0.05) is 0 Å². The molecule has 0 spiro atoms. The lowest BCUT2D eigenvalue weighted by atomic mass is 9.96. The molecule has 0 radical (unpaired) electrons. The molecule has 2 fully saturated rings. The maximum atomic E-state index is 11.0. The van der Waals surface area contributed by atoms with Crippen molar-refractivity contribution in [3.8, 4) is 0 Å². The number of carbonyl (C=O) groups excluding carboxylic acids is 2. The first-order valence-electron chi connectivity index (χ1n) is 6.06. The van der Waals surface area contributed by atoms with Crippen LogP contribution in [0.2, 0.25) is 0 Å². The Morgan fingerprint density at radius 3 is 1.65 bits per heavy atom. The molecule has 0 aromatic heterocycles. The van der Waals surface area contributed by atoms with E-state index < -0.39 is 0 Å². The zero-order valence-electron chi connectivity index (χ0n) is 10.2. The molecule has 17 heavy (non-hydrogen) atoms. The summed E-state index contributed by atoms with van der Waals surface area (Å²) in [7, 11) is 0. The molecule has 5 heteroatoms. The van der Waals surface area contributed by atoms with Crippen LogP contribution in [0.15, 0.2) is 0 Å². The number of hydrogen-bond acceptors (Lipinski definition) is 5. The highest BCUT2D eigenvalue weighted by Crippen LogP contribution is 2.35. The Morgan fingerprint density at radius 1 is 0.882 bits per heavy atom. The van der Waals surface area contributed by atoms with Gasteiger partial charge >= 0.3 is 11.9 Å². The minimum absolute atomic E-state index is 0.311. The fourth-order valence-corrected chi connectivity index (χ4v) is 2.41. The Balaban J connectivity index is 1.98. The summed E-state index contributed by atoms with van der Waals surface area (Å²) in [5.74, 6) is -0.665. The molecule has 4 atom stereocenters. The zero-order chi connectivity index (χ0) is 12.4. The molecule has 0 bridgehead atoms. The van der Waals surface area contributed by atoms with Crippen molar-refractivity contribution in [2.45, 2.75) is 63.9 Å². The summed E-state index contributed by atoms with van der Waals surface area (Å²) in [4.78, 5) is 22.1. The van der Waals surface area contributed by atoms with Crippen LogP contribution in [0, 0.1) is 0 Å². The van der Waals surface area contributed by atoms with E-state index in [-0.39, 0.29) is 24.1 Å². The number of hydrogen-bond donors (Lipinski definition) is 0. The maximum Gasteiger partial charge on any atom is 0.303 e. The molecule has 0 unspecified atom stereocenters. The molecule has 0 N–H and O–H groups in total. The van der Waals surface area contributed by atoms with Gasteiger partial charge in [0.15, 0.2) is 0 Å². The first-order chi connectivity index (χ1) is 8.06. The number of carbonyl (C=O) groups is 2. The van der Waals surface area contributed by atoms with Crippen molar-refractivity contribution in [3.05, 3.63) is 0 Å². The third-order valence-electron chi connectivity index (χ3n) is 3.21. The summed E-state index contributed by atoms with van der Waals surface area (Å²) < 4.78 is 15.9. The van der Waals surface area contributed by atoms with Crippen LogP contribution in [0.1, 0.15) is 39.5 Å². The van der Waals surface area contributed by atoms with Crippen molar-refractivity contribution in [1.82, 2.24) is 0 Å². The first-order valence-corrected chi connectivity index (χ1v) is 6.06. The van der Waals surface area contributed by atoms with Crippen molar-refractivity contribution in [2.75, 3.05) is 0 Å². The van der Waals surface area contributed by atoms with E-state index in [1.807, 2.05) is 0 Å². The van der Waals surface area contributed by atoms with Gasteiger partial charge in [0.1, 0.15) is 12.2 Å². The molecule has 1 saturated heterocycles. The van der Waals surface area contributed by atoms with E-state index in [1.165, 1.54) is 13.8 Å². The van der Waals surface area contributed by atoms with Crippen LogP contribution >= 0.6 is 0 Å². The van der Waals surface area contributed by atoms with E-state index >= 15 is 0 Å². The average Bonchev–Trinajstić information content (AvgIpc) is 2.94. The fraction of sp³-hybridized carbons (Fsp3) is 0.833. The van der Waals surface area contributed by atoms with Gasteiger partial charge in [0.2, 0.25) is 0 Å². The van der Waals surface area contributed by atoms with E-state index in [4.69, 9.17) is 14.2 Å². The SMILES string of the molecule is CC(=O)O[C@H]1CC[C@@H]2O[C@H]2CC[C@H]1OC(C)=O. The summed E-state index contributed by atoms with van der Waals surface area (Å²) in [6.45, 7) is 2.75. The second-order valence-electron chi connectivity index (χ2n) is 4.66. The van der Waals surface area contributed by atoms with Crippen molar-refractivity contribution >= 4 is 11.9 Å². The van der Waals surface area contributed by atoms with Crippen LogP contribution in [0.5, 0.6) is 0 Å². The summed E-state index contributed by atoms with van der Waals surface area (Å²) >= 11 is 0. The lowest BCUT2D eigenvalue weighted by Crippen LogP contribution is -2.36. The van der Waals surface area contributed by atoms with Gasteiger partial charge in [0.05, 0.1) is 12.2 Å². The lowest BCUT2D eigenvalue weighted by molar-refractivity contribution is -0.166. The molecular formula is C12H18O5. The number of rotatable bonds is 2. The van der Waals surface area contributed by atoms with Crippen molar-refractivity contribution in [2.24, 2.45) is 0 Å². The van der Waals surface area contributed by atoms with Gasteiger partial charge < -0.3 is 14.2 Å². The van der Waals surface area contributed by atoms with Crippen LogP contribution in [-0.4, -0.2) is 36.4 Å². The molecule has 96 valence electrons. The molecule has 0 aromatic carbocycles. The van der Waals surface area contributed by atoms with Gasteiger partial charge in [-0.2, -0.15) is 0 Å². The van der Waals surface area contributed by atoms with Gasteiger partial charge in [-0.15, -0.1) is 0 Å². The Labute approximate surface area is 100 Å². The largest absolute Gasteiger partial charge is 0.459 e. The normalized spacial score (nSPS) is 36.1. The molecule has 0 amide bonds. The summed E-state index contributed by atoms with van der Waals surface area (Å²) in [6.07, 6.45) is 3.07. The topological polar surface area (TPSA) is 65.1 Å². The number of epoxide rings is 1. The maximum absolute atomic E-state index is 11.0.